The molecule has 0 saturated carbocycles. The quantitative estimate of drug-likeness (QED) is 0.807. The number of hydrogen-bond acceptors (Lipinski definition) is 3. The number of ketones is 1. The van der Waals surface area contributed by atoms with E-state index in [-0.39, 0.29) is 18.2 Å². The SMILES string of the molecule is C=CC(=O)C[C@H](Cc1ccc(Cl)cc1)NC(=O)OC(C)(C)C. The predicted molar refractivity (Wildman–Crippen MR) is 88.1 cm³/mol. The van der Waals surface area contributed by atoms with Crippen molar-refractivity contribution in [1.82, 2.24) is 5.32 Å². The third-order valence-corrected chi connectivity index (χ3v) is 3.04. The average Bonchev–Trinajstić information content (AvgIpc) is 2.38. The third kappa shape index (κ3) is 7.27. The lowest BCUT2D eigenvalue weighted by Gasteiger charge is -2.23. The number of amides is 1. The van der Waals surface area contributed by atoms with Crippen LogP contribution < -0.4 is 5.32 Å². The summed E-state index contributed by atoms with van der Waals surface area (Å²) in [5.41, 5.74) is 0.388. The van der Waals surface area contributed by atoms with Gasteiger partial charge in [-0.05, 0) is 51.0 Å². The van der Waals surface area contributed by atoms with Crippen LogP contribution in [0.2, 0.25) is 5.02 Å². The summed E-state index contributed by atoms with van der Waals surface area (Å²) in [6.07, 6.45) is 1.40. The molecular formula is C17H22ClNO3. The van der Waals surface area contributed by atoms with Gasteiger partial charge in [0.2, 0.25) is 0 Å². The maximum atomic E-state index is 11.9. The third-order valence-electron chi connectivity index (χ3n) is 2.79. The standard InChI is InChI=1S/C17H22ClNO3/c1-5-15(20)11-14(19-16(21)22-17(2,3)4)10-12-6-8-13(18)9-7-12/h5-9,14H,1,10-11H2,2-4H3,(H,19,21)/t14-/m0/s1. The van der Waals surface area contributed by atoms with E-state index in [1.54, 1.807) is 32.9 Å². The summed E-state index contributed by atoms with van der Waals surface area (Å²) in [6, 6.07) is 6.92. The number of rotatable bonds is 6. The van der Waals surface area contributed by atoms with Gasteiger partial charge in [0.05, 0.1) is 0 Å². The van der Waals surface area contributed by atoms with E-state index in [9.17, 15) is 9.59 Å². The summed E-state index contributed by atoms with van der Waals surface area (Å²) < 4.78 is 5.23. The Labute approximate surface area is 136 Å². The van der Waals surface area contributed by atoms with Gasteiger partial charge in [0, 0.05) is 17.5 Å². The van der Waals surface area contributed by atoms with Crippen molar-refractivity contribution >= 4 is 23.5 Å². The van der Waals surface area contributed by atoms with E-state index in [2.05, 4.69) is 11.9 Å². The topological polar surface area (TPSA) is 55.4 Å². The van der Waals surface area contributed by atoms with Crippen LogP contribution in [0.1, 0.15) is 32.8 Å². The van der Waals surface area contributed by atoms with Crippen LogP contribution in [-0.4, -0.2) is 23.5 Å². The highest BCUT2D eigenvalue weighted by Gasteiger charge is 2.21. The second-order valence-corrected chi connectivity index (χ2v) is 6.48. The molecule has 0 spiro atoms. The van der Waals surface area contributed by atoms with Gasteiger partial charge in [0.25, 0.3) is 0 Å². The second kappa shape index (κ2) is 7.99. The normalized spacial score (nSPS) is 12.4. The van der Waals surface area contributed by atoms with Crippen molar-refractivity contribution in [2.45, 2.75) is 45.3 Å². The number of carbonyl (C=O) groups is 2. The Morgan fingerprint density at radius 2 is 1.91 bits per heavy atom. The fourth-order valence-corrected chi connectivity index (χ4v) is 2.01. The predicted octanol–water partition coefficient (Wildman–Crippen LogP) is 3.92. The maximum Gasteiger partial charge on any atom is 0.407 e. The average molecular weight is 324 g/mol. The molecule has 0 aliphatic heterocycles. The lowest BCUT2D eigenvalue weighted by Crippen LogP contribution is -2.41. The van der Waals surface area contributed by atoms with E-state index in [0.717, 1.165) is 5.56 Å². The van der Waals surface area contributed by atoms with Crippen LogP contribution in [0, 0.1) is 0 Å². The molecule has 5 heteroatoms. The van der Waals surface area contributed by atoms with Gasteiger partial charge in [-0.2, -0.15) is 0 Å². The van der Waals surface area contributed by atoms with Crippen LogP contribution in [0.15, 0.2) is 36.9 Å². The number of halogens is 1. The molecular weight excluding hydrogens is 302 g/mol. The summed E-state index contributed by atoms with van der Waals surface area (Å²) in [6.45, 7) is 8.82. The maximum absolute atomic E-state index is 11.9. The fourth-order valence-electron chi connectivity index (χ4n) is 1.88. The Morgan fingerprint density at radius 1 is 1.32 bits per heavy atom. The smallest absolute Gasteiger partial charge is 0.407 e. The minimum Gasteiger partial charge on any atom is -0.444 e. The van der Waals surface area contributed by atoms with Crippen molar-refractivity contribution in [3.8, 4) is 0 Å². The van der Waals surface area contributed by atoms with Gasteiger partial charge in [-0.1, -0.05) is 30.3 Å². The van der Waals surface area contributed by atoms with E-state index in [0.29, 0.717) is 11.4 Å². The lowest BCUT2D eigenvalue weighted by molar-refractivity contribution is -0.115. The van der Waals surface area contributed by atoms with E-state index in [1.165, 1.54) is 6.08 Å². The molecule has 1 aromatic rings. The van der Waals surface area contributed by atoms with Crippen molar-refractivity contribution in [2.24, 2.45) is 0 Å². The Morgan fingerprint density at radius 3 is 2.41 bits per heavy atom. The molecule has 4 nitrogen and oxygen atoms in total. The Hall–Kier alpha value is -1.81. The summed E-state index contributed by atoms with van der Waals surface area (Å²) in [5.74, 6) is -0.130. The van der Waals surface area contributed by atoms with Crippen LogP contribution in [0.3, 0.4) is 0 Å². The number of benzene rings is 1. The van der Waals surface area contributed by atoms with Gasteiger partial charge in [0.15, 0.2) is 5.78 Å². The molecule has 22 heavy (non-hydrogen) atoms. The van der Waals surface area contributed by atoms with Gasteiger partial charge < -0.3 is 10.1 Å². The summed E-state index contributed by atoms with van der Waals surface area (Å²) in [5, 5.41) is 3.38. The Bertz CT molecular complexity index is 532. The molecule has 0 aliphatic carbocycles. The first kappa shape index (κ1) is 18.2. The number of hydrogen-bond donors (Lipinski definition) is 1. The molecule has 0 bridgehead atoms. The highest BCUT2D eigenvalue weighted by atomic mass is 35.5. The summed E-state index contributed by atoms with van der Waals surface area (Å²) >= 11 is 5.85. The largest absolute Gasteiger partial charge is 0.444 e. The van der Waals surface area contributed by atoms with Gasteiger partial charge >= 0.3 is 6.09 Å². The van der Waals surface area contributed by atoms with Crippen LogP contribution in [0.4, 0.5) is 4.79 Å². The molecule has 1 aromatic carbocycles. The van der Waals surface area contributed by atoms with Gasteiger partial charge in [0.1, 0.15) is 5.60 Å². The molecule has 0 saturated heterocycles. The monoisotopic (exact) mass is 323 g/mol. The zero-order valence-electron chi connectivity index (χ0n) is 13.2. The molecule has 0 heterocycles. The number of carbonyl (C=O) groups excluding carboxylic acids is 2. The number of nitrogens with one attached hydrogen (secondary N) is 1. The molecule has 1 N–H and O–H groups in total. The molecule has 0 unspecified atom stereocenters. The molecule has 0 fully saturated rings. The fraction of sp³-hybridized carbons (Fsp3) is 0.412. The molecule has 0 radical (unpaired) electrons. The minimum atomic E-state index is -0.586. The van der Waals surface area contributed by atoms with Crippen LogP contribution >= 0.6 is 11.6 Å². The van der Waals surface area contributed by atoms with Crippen molar-refractivity contribution in [3.63, 3.8) is 0 Å². The summed E-state index contributed by atoms with van der Waals surface area (Å²) in [7, 11) is 0. The summed E-state index contributed by atoms with van der Waals surface area (Å²) in [4.78, 5) is 23.5. The van der Waals surface area contributed by atoms with Crippen molar-refractivity contribution < 1.29 is 14.3 Å². The van der Waals surface area contributed by atoms with E-state index in [4.69, 9.17) is 16.3 Å². The van der Waals surface area contributed by atoms with Crippen LogP contribution in [0.25, 0.3) is 0 Å². The molecule has 0 aromatic heterocycles. The number of alkyl carbamates (subject to hydrolysis) is 1. The number of allylic oxidation sites excluding steroid dienone is 1. The first-order valence-corrected chi connectivity index (χ1v) is 7.46. The van der Waals surface area contributed by atoms with Gasteiger partial charge in [-0.25, -0.2) is 4.79 Å². The van der Waals surface area contributed by atoms with Crippen molar-refractivity contribution in [1.29, 1.82) is 0 Å². The second-order valence-electron chi connectivity index (χ2n) is 6.05. The first-order chi connectivity index (χ1) is 10.2. The van der Waals surface area contributed by atoms with Crippen LogP contribution in [0.5, 0.6) is 0 Å². The van der Waals surface area contributed by atoms with Gasteiger partial charge in [-0.3, -0.25) is 4.79 Å². The van der Waals surface area contributed by atoms with E-state index in [1.807, 2.05) is 12.1 Å². The number of ether oxygens (including phenoxy) is 1. The highest BCUT2D eigenvalue weighted by molar-refractivity contribution is 6.30. The molecule has 1 rings (SSSR count). The molecule has 0 aliphatic rings. The minimum absolute atomic E-state index is 0.130. The van der Waals surface area contributed by atoms with Crippen molar-refractivity contribution in [2.75, 3.05) is 0 Å². The first-order valence-electron chi connectivity index (χ1n) is 7.09. The zero-order chi connectivity index (χ0) is 16.8. The van der Waals surface area contributed by atoms with E-state index < -0.39 is 11.7 Å². The lowest BCUT2D eigenvalue weighted by atomic mass is 10.0. The molecule has 1 amide bonds. The molecule has 1 atom stereocenters. The molecule has 120 valence electrons. The van der Waals surface area contributed by atoms with Gasteiger partial charge in [-0.15, -0.1) is 0 Å². The Kier molecular flexibility index (Phi) is 6.62. The van der Waals surface area contributed by atoms with E-state index >= 15 is 0 Å². The van der Waals surface area contributed by atoms with Crippen LogP contribution in [-0.2, 0) is 16.0 Å². The highest BCUT2D eigenvalue weighted by Crippen LogP contribution is 2.13. The zero-order valence-corrected chi connectivity index (χ0v) is 13.9. The van der Waals surface area contributed by atoms with Crippen molar-refractivity contribution in [3.05, 3.63) is 47.5 Å². The Balaban J connectivity index is 2.74.